The van der Waals surface area contributed by atoms with Crippen molar-refractivity contribution < 1.29 is 0 Å². The summed E-state index contributed by atoms with van der Waals surface area (Å²) < 4.78 is 2.01. The first kappa shape index (κ1) is 10.5. The van der Waals surface area contributed by atoms with Crippen LogP contribution in [0.3, 0.4) is 0 Å². The van der Waals surface area contributed by atoms with Gasteiger partial charge in [0.15, 0.2) is 5.65 Å². The first-order valence-corrected chi connectivity index (χ1v) is 6.99. The quantitative estimate of drug-likeness (QED) is 0.815. The van der Waals surface area contributed by atoms with Gasteiger partial charge in [0.2, 0.25) is 0 Å². The van der Waals surface area contributed by atoms with Gasteiger partial charge in [-0.25, -0.2) is 4.98 Å². The van der Waals surface area contributed by atoms with E-state index in [0.717, 1.165) is 28.0 Å². The molecule has 1 atom stereocenters. The van der Waals surface area contributed by atoms with Crippen LogP contribution in [0, 0.1) is 0 Å². The molecule has 0 radical (unpaired) electrons. The van der Waals surface area contributed by atoms with Crippen molar-refractivity contribution in [1.82, 2.24) is 9.38 Å². The molecule has 0 spiro atoms. The zero-order valence-electron chi connectivity index (χ0n) is 8.90. The molecule has 3 rings (SSSR count). The lowest BCUT2D eigenvalue weighted by Gasteiger charge is -2.03. The summed E-state index contributed by atoms with van der Waals surface area (Å²) >= 11 is 8.17. The van der Waals surface area contributed by atoms with Crippen molar-refractivity contribution in [3.05, 3.63) is 35.2 Å². The molecule has 84 valence electrons. The molecule has 2 aromatic rings. The monoisotopic (exact) mass is 252 g/mol. The van der Waals surface area contributed by atoms with Crippen molar-refractivity contribution in [2.24, 2.45) is 0 Å². The van der Waals surface area contributed by atoms with E-state index < -0.39 is 0 Å². The Morgan fingerprint density at radius 1 is 1.56 bits per heavy atom. The predicted molar refractivity (Wildman–Crippen MR) is 69.4 cm³/mol. The van der Waals surface area contributed by atoms with Gasteiger partial charge >= 0.3 is 0 Å². The topological polar surface area (TPSA) is 17.3 Å². The van der Waals surface area contributed by atoms with Gasteiger partial charge in [0.25, 0.3) is 0 Å². The number of thioether (sulfide) groups is 1. The Hall–Kier alpha value is -0.670. The van der Waals surface area contributed by atoms with E-state index in [1.54, 1.807) is 0 Å². The van der Waals surface area contributed by atoms with E-state index in [2.05, 4.69) is 22.9 Å². The molecule has 1 aliphatic heterocycles. The molecular weight excluding hydrogens is 240 g/mol. The summed E-state index contributed by atoms with van der Waals surface area (Å²) in [5.41, 5.74) is 2.04. The Labute approximate surface area is 104 Å². The number of halogens is 1. The van der Waals surface area contributed by atoms with Gasteiger partial charge in [0.1, 0.15) is 0 Å². The van der Waals surface area contributed by atoms with Gasteiger partial charge in [-0.2, -0.15) is 11.8 Å². The molecule has 0 aromatic carbocycles. The zero-order valence-corrected chi connectivity index (χ0v) is 10.5. The molecule has 2 aromatic heterocycles. The molecule has 0 saturated carbocycles. The third-order valence-corrected chi connectivity index (χ3v) is 4.64. The summed E-state index contributed by atoms with van der Waals surface area (Å²) in [5, 5.41) is 1.48. The van der Waals surface area contributed by atoms with Gasteiger partial charge in [-0.15, -0.1) is 0 Å². The molecule has 1 saturated heterocycles. The molecule has 0 amide bonds. The van der Waals surface area contributed by atoms with E-state index >= 15 is 0 Å². The number of hydrogen-bond acceptors (Lipinski definition) is 2. The van der Waals surface area contributed by atoms with E-state index in [0.29, 0.717) is 0 Å². The summed E-state index contributed by atoms with van der Waals surface area (Å²) in [6, 6.07) is 3.84. The molecule has 0 bridgehead atoms. The smallest absolute Gasteiger partial charge is 0.155 e. The van der Waals surface area contributed by atoms with Crippen molar-refractivity contribution in [2.75, 3.05) is 5.75 Å². The lowest BCUT2D eigenvalue weighted by atomic mass is 10.2. The molecule has 3 heterocycles. The second-order valence-corrected chi connectivity index (χ2v) is 5.97. The Morgan fingerprint density at radius 2 is 2.50 bits per heavy atom. The Morgan fingerprint density at radius 3 is 3.25 bits per heavy atom. The van der Waals surface area contributed by atoms with Gasteiger partial charge in [-0.05, 0) is 30.7 Å². The van der Waals surface area contributed by atoms with E-state index in [1.807, 2.05) is 22.7 Å². The number of rotatable bonds is 2. The van der Waals surface area contributed by atoms with Gasteiger partial charge in [0, 0.05) is 24.1 Å². The predicted octanol–water partition coefficient (Wildman–Crippen LogP) is 3.43. The van der Waals surface area contributed by atoms with Crippen molar-refractivity contribution in [2.45, 2.75) is 24.5 Å². The van der Waals surface area contributed by atoms with E-state index in [9.17, 15) is 0 Å². The average Bonchev–Trinajstić information content (AvgIpc) is 2.88. The van der Waals surface area contributed by atoms with Gasteiger partial charge in [-0.3, -0.25) is 0 Å². The second-order valence-electron chi connectivity index (χ2n) is 4.16. The van der Waals surface area contributed by atoms with Crippen molar-refractivity contribution >= 4 is 29.0 Å². The summed E-state index contributed by atoms with van der Waals surface area (Å²) in [5.74, 6) is 1.30. The minimum atomic E-state index is 0.729. The number of imidazole rings is 1. The summed E-state index contributed by atoms with van der Waals surface area (Å²) in [7, 11) is 0. The molecule has 4 heteroatoms. The SMILES string of the molecule is Clc1cccn2cc(CC3CCCS3)nc12. The molecule has 0 aliphatic carbocycles. The highest BCUT2D eigenvalue weighted by molar-refractivity contribution is 8.00. The fraction of sp³-hybridized carbons (Fsp3) is 0.417. The molecule has 1 aliphatic rings. The number of pyridine rings is 1. The maximum atomic E-state index is 6.10. The fourth-order valence-electron chi connectivity index (χ4n) is 2.17. The van der Waals surface area contributed by atoms with Crippen molar-refractivity contribution in [1.29, 1.82) is 0 Å². The third-order valence-electron chi connectivity index (χ3n) is 2.95. The van der Waals surface area contributed by atoms with Crippen molar-refractivity contribution in [3.63, 3.8) is 0 Å². The fourth-order valence-corrected chi connectivity index (χ4v) is 3.67. The largest absolute Gasteiger partial charge is 0.306 e. The van der Waals surface area contributed by atoms with Crippen LogP contribution >= 0.6 is 23.4 Å². The first-order valence-electron chi connectivity index (χ1n) is 5.56. The van der Waals surface area contributed by atoms with Gasteiger partial charge in [0.05, 0.1) is 10.7 Å². The van der Waals surface area contributed by atoms with Gasteiger partial charge < -0.3 is 4.40 Å². The van der Waals surface area contributed by atoms with Crippen LogP contribution in [0.15, 0.2) is 24.5 Å². The second kappa shape index (κ2) is 4.30. The lowest BCUT2D eigenvalue weighted by molar-refractivity contribution is 0.767. The summed E-state index contributed by atoms with van der Waals surface area (Å²) in [6.45, 7) is 0. The van der Waals surface area contributed by atoms with Crippen LogP contribution in [-0.4, -0.2) is 20.4 Å². The third kappa shape index (κ3) is 1.94. The average molecular weight is 253 g/mol. The molecule has 0 N–H and O–H groups in total. The van der Waals surface area contributed by atoms with Crippen LogP contribution in [0.5, 0.6) is 0 Å². The van der Waals surface area contributed by atoms with E-state index in [-0.39, 0.29) is 0 Å². The first-order chi connectivity index (χ1) is 7.83. The summed E-state index contributed by atoms with van der Waals surface area (Å²) in [4.78, 5) is 4.59. The van der Waals surface area contributed by atoms with E-state index in [4.69, 9.17) is 11.6 Å². The van der Waals surface area contributed by atoms with Crippen LogP contribution in [0.2, 0.25) is 5.02 Å². The minimum Gasteiger partial charge on any atom is -0.306 e. The van der Waals surface area contributed by atoms with E-state index in [1.165, 1.54) is 18.6 Å². The van der Waals surface area contributed by atoms with Crippen LogP contribution in [0.1, 0.15) is 18.5 Å². The maximum Gasteiger partial charge on any atom is 0.155 e. The molecule has 1 fully saturated rings. The molecule has 1 unspecified atom stereocenters. The minimum absolute atomic E-state index is 0.729. The maximum absolute atomic E-state index is 6.10. The highest BCUT2D eigenvalue weighted by Gasteiger charge is 2.17. The Balaban J connectivity index is 1.90. The van der Waals surface area contributed by atoms with Crippen LogP contribution in [-0.2, 0) is 6.42 Å². The highest BCUT2D eigenvalue weighted by Crippen LogP contribution is 2.29. The zero-order chi connectivity index (χ0) is 11.0. The Kier molecular flexibility index (Phi) is 2.82. The van der Waals surface area contributed by atoms with Crippen molar-refractivity contribution in [3.8, 4) is 0 Å². The normalized spacial score (nSPS) is 20.7. The number of hydrogen-bond donors (Lipinski definition) is 0. The molecule has 16 heavy (non-hydrogen) atoms. The van der Waals surface area contributed by atoms with Crippen LogP contribution in [0.4, 0.5) is 0 Å². The lowest BCUT2D eigenvalue weighted by Crippen LogP contribution is -2.01. The number of aromatic nitrogens is 2. The highest BCUT2D eigenvalue weighted by atomic mass is 35.5. The standard InChI is InChI=1S/C12H13ClN2S/c13-11-4-1-5-15-8-9(14-12(11)15)7-10-3-2-6-16-10/h1,4-5,8,10H,2-3,6-7H2. The number of fused-ring (bicyclic) bond motifs is 1. The Bertz CT molecular complexity index is 503. The molecular formula is C12H13ClN2S. The summed E-state index contributed by atoms with van der Waals surface area (Å²) in [6.07, 6.45) is 7.85. The van der Waals surface area contributed by atoms with Gasteiger partial charge in [-0.1, -0.05) is 11.6 Å². The molecule has 2 nitrogen and oxygen atoms in total. The number of nitrogens with zero attached hydrogens (tertiary/aromatic N) is 2. The van der Waals surface area contributed by atoms with Crippen LogP contribution < -0.4 is 0 Å². The van der Waals surface area contributed by atoms with Crippen LogP contribution in [0.25, 0.3) is 5.65 Å².